The number of nitrogens with zero attached hydrogens (tertiary/aromatic N) is 1. The third-order valence-electron chi connectivity index (χ3n) is 8.97. The molecule has 0 unspecified atom stereocenters. The van der Waals surface area contributed by atoms with Gasteiger partial charge in [-0.25, -0.2) is 13.6 Å². The van der Waals surface area contributed by atoms with Crippen LogP contribution in [0.5, 0.6) is 0 Å². The molecule has 2 aliphatic rings. The van der Waals surface area contributed by atoms with E-state index >= 15 is 8.78 Å². The van der Waals surface area contributed by atoms with Gasteiger partial charge in [0.15, 0.2) is 0 Å². The van der Waals surface area contributed by atoms with Gasteiger partial charge < -0.3 is 15.7 Å². The Morgan fingerprint density at radius 2 is 1.83 bits per heavy atom. The monoisotopic (exact) mass is 617 g/mol. The smallest absolute Gasteiger partial charge is 0.335 e. The van der Waals surface area contributed by atoms with Crippen molar-refractivity contribution < 1.29 is 23.5 Å². The number of allylic oxidation sites excluding steroid dienone is 2. The number of amides is 1. The van der Waals surface area contributed by atoms with Gasteiger partial charge in [0.1, 0.15) is 11.6 Å². The molecular formula is C32H35Cl2F2N3O3. The van der Waals surface area contributed by atoms with Gasteiger partial charge in [0.2, 0.25) is 5.91 Å². The molecule has 0 radical (unpaired) electrons. The van der Waals surface area contributed by atoms with Crippen LogP contribution >= 0.6 is 23.2 Å². The van der Waals surface area contributed by atoms with E-state index in [9.17, 15) is 20.0 Å². The molecule has 2 fully saturated rings. The molecule has 1 saturated heterocycles. The number of rotatable bonds is 9. The van der Waals surface area contributed by atoms with Crippen LogP contribution in [0.3, 0.4) is 0 Å². The first-order chi connectivity index (χ1) is 19.9. The van der Waals surface area contributed by atoms with E-state index in [0.717, 1.165) is 32.1 Å². The summed E-state index contributed by atoms with van der Waals surface area (Å²) in [5.74, 6) is -4.18. The fourth-order valence-electron chi connectivity index (χ4n) is 6.58. The summed E-state index contributed by atoms with van der Waals surface area (Å²) in [6.07, 6.45) is 5.16. The van der Waals surface area contributed by atoms with Crippen molar-refractivity contribution in [2.24, 2.45) is 10.8 Å². The van der Waals surface area contributed by atoms with Crippen LogP contribution in [0.1, 0.15) is 80.6 Å². The fourth-order valence-corrected chi connectivity index (χ4v) is 6.91. The van der Waals surface area contributed by atoms with Crippen molar-refractivity contribution in [1.82, 2.24) is 5.32 Å². The lowest BCUT2D eigenvalue weighted by molar-refractivity contribution is -0.118. The van der Waals surface area contributed by atoms with Gasteiger partial charge in [0.25, 0.3) is 0 Å². The van der Waals surface area contributed by atoms with Crippen molar-refractivity contribution in [3.63, 3.8) is 0 Å². The molecule has 1 aliphatic carbocycles. The molecule has 1 amide bonds. The molecule has 0 spiro atoms. The van der Waals surface area contributed by atoms with Crippen molar-refractivity contribution in [3.8, 4) is 6.07 Å². The van der Waals surface area contributed by atoms with Crippen molar-refractivity contribution in [1.29, 1.82) is 5.26 Å². The van der Waals surface area contributed by atoms with Crippen LogP contribution in [0, 0.1) is 28.0 Å². The summed E-state index contributed by atoms with van der Waals surface area (Å²) >= 11 is 12.2. The summed E-state index contributed by atoms with van der Waals surface area (Å²) in [6, 6.07) is 10.6. The molecule has 1 aliphatic heterocycles. The number of alkyl halides is 1. The summed E-state index contributed by atoms with van der Waals surface area (Å²) < 4.78 is 31.5. The van der Waals surface area contributed by atoms with Crippen molar-refractivity contribution in [3.05, 3.63) is 75.8 Å². The number of carbonyl (C=O) groups excluding carboxylic acids is 1. The van der Waals surface area contributed by atoms with E-state index < -0.39 is 46.9 Å². The number of carbonyl (C=O) groups is 2. The SMILES string of the molecule is CC(CCl)=C(F)C[C@]1(C#N)[C@H](CC2(C)CCCCC2)N[C@@H](C(=O)Nc2ccc(C(=O)O)cc2)[C@@H]1c1cccc(Cl)c1F. The highest BCUT2D eigenvalue weighted by molar-refractivity contribution is 6.30. The van der Waals surface area contributed by atoms with Crippen molar-refractivity contribution >= 4 is 40.8 Å². The number of benzene rings is 2. The maximum atomic E-state index is 15.8. The summed E-state index contributed by atoms with van der Waals surface area (Å²) in [5, 5.41) is 26.1. The Kier molecular flexibility index (Phi) is 9.97. The second kappa shape index (κ2) is 13.1. The van der Waals surface area contributed by atoms with Crippen molar-refractivity contribution in [2.45, 2.75) is 76.8 Å². The first kappa shape index (κ1) is 31.9. The average Bonchev–Trinajstić information content (AvgIpc) is 3.27. The van der Waals surface area contributed by atoms with Crippen LogP contribution < -0.4 is 10.6 Å². The lowest BCUT2D eigenvalue weighted by Crippen LogP contribution is -2.44. The Bertz CT molecular complexity index is 1400. The first-order valence-electron chi connectivity index (χ1n) is 14.1. The molecule has 1 heterocycles. The molecule has 3 N–H and O–H groups in total. The third kappa shape index (κ3) is 6.49. The van der Waals surface area contributed by atoms with Gasteiger partial charge in [-0.2, -0.15) is 5.26 Å². The fraction of sp³-hybridized carbons (Fsp3) is 0.469. The van der Waals surface area contributed by atoms with Gasteiger partial charge >= 0.3 is 5.97 Å². The standard InChI is InChI=1S/C32H35Cl2F2N3O3/c1-19(17-33)24(35)15-32(18-37)25(16-31(2)13-4-3-5-14-31)39-28(26(32)22-7-6-8-23(34)27(22)36)29(40)38-21-11-9-20(10-12-21)30(41)42/h6-12,25-26,28,39H,3-5,13-17H2,1-2H3,(H,38,40)(H,41,42)/t25-,26-,28+,32-/m0/s1. The summed E-state index contributed by atoms with van der Waals surface area (Å²) in [4.78, 5) is 25.2. The van der Waals surface area contributed by atoms with Crippen LogP contribution in [0.2, 0.25) is 5.02 Å². The van der Waals surface area contributed by atoms with Gasteiger partial charge in [-0.3, -0.25) is 4.79 Å². The second-order valence-electron chi connectivity index (χ2n) is 11.9. The van der Waals surface area contributed by atoms with Crippen LogP contribution in [-0.2, 0) is 4.79 Å². The molecule has 4 atom stereocenters. The Labute approximate surface area is 255 Å². The lowest BCUT2D eigenvalue weighted by atomic mass is 9.62. The third-order valence-corrected chi connectivity index (χ3v) is 9.66. The largest absolute Gasteiger partial charge is 0.478 e. The number of nitriles is 1. The van der Waals surface area contributed by atoms with Gasteiger partial charge in [-0.15, -0.1) is 11.6 Å². The van der Waals surface area contributed by atoms with E-state index in [1.54, 1.807) is 13.0 Å². The van der Waals surface area contributed by atoms with E-state index in [4.69, 9.17) is 23.2 Å². The maximum absolute atomic E-state index is 15.8. The Morgan fingerprint density at radius 1 is 1.17 bits per heavy atom. The molecule has 6 nitrogen and oxygen atoms in total. The predicted octanol–water partition coefficient (Wildman–Crippen LogP) is 7.98. The average molecular weight is 619 g/mol. The zero-order valence-corrected chi connectivity index (χ0v) is 25.2. The molecule has 0 bridgehead atoms. The lowest BCUT2D eigenvalue weighted by Gasteiger charge is -2.41. The highest BCUT2D eigenvalue weighted by atomic mass is 35.5. The number of aromatic carboxylic acids is 1. The second-order valence-corrected chi connectivity index (χ2v) is 12.6. The normalized spacial score (nSPS) is 25.8. The van der Waals surface area contributed by atoms with Gasteiger partial charge in [0.05, 0.1) is 28.1 Å². The maximum Gasteiger partial charge on any atom is 0.335 e. The summed E-state index contributed by atoms with van der Waals surface area (Å²) in [5.41, 5.74) is -1.02. The Hall–Kier alpha value is -2.99. The molecular weight excluding hydrogens is 583 g/mol. The Morgan fingerprint density at radius 3 is 2.43 bits per heavy atom. The van der Waals surface area contributed by atoms with Crippen LogP contribution in [0.4, 0.5) is 14.5 Å². The van der Waals surface area contributed by atoms with Crippen LogP contribution in [-0.4, -0.2) is 34.9 Å². The summed E-state index contributed by atoms with van der Waals surface area (Å²) in [7, 11) is 0. The van der Waals surface area contributed by atoms with Gasteiger partial charge in [0, 0.05) is 29.9 Å². The number of hydrogen-bond donors (Lipinski definition) is 3. The topological polar surface area (TPSA) is 102 Å². The summed E-state index contributed by atoms with van der Waals surface area (Å²) in [6.45, 7) is 3.70. The molecule has 224 valence electrons. The highest BCUT2D eigenvalue weighted by Gasteiger charge is 2.60. The number of anilines is 1. The van der Waals surface area contributed by atoms with E-state index in [-0.39, 0.29) is 39.4 Å². The van der Waals surface area contributed by atoms with E-state index in [0.29, 0.717) is 12.1 Å². The molecule has 10 heteroatoms. The molecule has 2 aromatic carbocycles. The number of halogens is 4. The van der Waals surface area contributed by atoms with Gasteiger partial charge in [-0.05, 0) is 73.1 Å². The number of carboxylic acids is 1. The van der Waals surface area contributed by atoms with E-state index in [1.165, 1.54) is 36.4 Å². The highest BCUT2D eigenvalue weighted by Crippen LogP contribution is 2.55. The first-order valence-corrected chi connectivity index (χ1v) is 15.0. The minimum absolute atomic E-state index is 0.0468. The quantitative estimate of drug-likeness (QED) is 0.247. The number of nitrogens with one attached hydrogen (secondary N) is 2. The zero-order chi connectivity index (χ0) is 30.7. The van der Waals surface area contributed by atoms with Crippen LogP contribution in [0.15, 0.2) is 53.9 Å². The predicted molar refractivity (Wildman–Crippen MR) is 160 cm³/mol. The molecule has 2 aromatic rings. The van der Waals surface area contributed by atoms with Crippen molar-refractivity contribution in [2.75, 3.05) is 11.2 Å². The minimum Gasteiger partial charge on any atom is -0.478 e. The molecule has 4 rings (SSSR count). The van der Waals surface area contributed by atoms with Crippen LogP contribution in [0.25, 0.3) is 0 Å². The number of carboxylic acid groups (broad SMARTS) is 1. The molecule has 1 saturated carbocycles. The minimum atomic E-state index is -1.56. The van der Waals surface area contributed by atoms with E-state index in [1.807, 2.05) is 0 Å². The molecule has 0 aromatic heterocycles. The number of hydrogen-bond acceptors (Lipinski definition) is 4. The molecule has 42 heavy (non-hydrogen) atoms. The van der Waals surface area contributed by atoms with E-state index in [2.05, 4.69) is 23.6 Å². The van der Waals surface area contributed by atoms with Gasteiger partial charge in [-0.1, -0.05) is 49.9 Å². The Balaban J connectivity index is 1.84. The zero-order valence-electron chi connectivity index (χ0n) is 23.7.